The van der Waals surface area contributed by atoms with Gasteiger partial charge in [0.05, 0.1) is 0 Å². The molecule has 0 saturated carbocycles. The van der Waals surface area contributed by atoms with Gasteiger partial charge in [0.1, 0.15) is 0 Å². The molecule has 0 amide bonds. The van der Waals surface area contributed by atoms with Crippen LogP contribution in [0.15, 0.2) is 73.4 Å². The van der Waals surface area contributed by atoms with E-state index in [0.717, 1.165) is 6.42 Å². The van der Waals surface area contributed by atoms with Crippen molar-refractivity contribution in [3.8, 4) is 0 Å². The molecule has 0 spiro atoms. The first-order valence-corrected chi connectivity index (χ1v) is 7.53. The molecule has 0 N–H and O–H groups in total. The van der Waals surface area contributed by atoms with Gasteiger partial charge in [0.2, 0.25) is 0 Å². The number of hydrogen-bond donors (Lipinski definition) is 0. The first kappa shape index (κ1) is 15.1. The molecule has 2 aromatic rings. The minimum Gasteiger partial charge on any atom is -0.0985 e. The van der Waals surface area contributed by atoms with E-state index in [2.05, 4.69) is 61.7 Å². The summed E-state index contributed by atoms with van der Waals surface area (Å²) in [6.45, 7) is 11.9. The van der Waals surface area contributed by atoms with E-state index in [1.807, 2.05) is 26.0 Å². The zero-order chi connectivity index (χ0) is 15.2. The lowest BCUT2D eigenvalue weighted by Gasteiger charge is -2.06. The largest absolute Gasteiger partial charge is 0.0985 e. The van der Waals surface area contributed by atoms with Crippen LogP contribution in [0.1, 0.15) is 20.3 Å². The summed E-state index contributed by atoms with van der Waals surface area (Å²) in [5, 5.41) is 5.10. The van der Waals surface area contributed by atoms with Gasteiger partial charge in [-0.3, -0.25) is 0 Å². The highest BCUT2D eigenvalue weighted by Gasteiger charge is 2.06. The van der Waals surface area contributed by atoms with Crippen molar-refractivity contribution in [1.82, 2.24) is 0 Å². The van der Waals surface area contributed by atoms with E-state index in [-0.39, 0.29) is 0 Å². The maximum atomic E-state index is 3.99. The van der Waals surface area contributed by atoms with Crippen LogP contribution in [0.25, 0.3) is 22.4 Å². The highest BCUT2D eigenvalue weighted by atomic mass is 14.1. The van der Waals surface area contributed by atoms with Gasteiger partial charge in [-0.2, -0.15) is 0 Å². The summed E-state index contributed by atoms with van der Waals surface area (Å²) < 4.78 is 0. The van der Waals surface area contributed by atoms with Crippen molar-refractivity contribution < 1.29 is 0 Å². The molecule has 0 aromatic heterocycles. The molecule has 3 rings (SSSR count). The third kappa shape index (κ3) is 2.75. The van der Waals surface area contributed by atoms with Crippen LogP contribution in [-0.4, -0.2) is 0 Å². The second-order valence-electron chi connectivity index (χ2n) is 4.67. The summed E-state index contributed by atoms with van der Waals surface area (Å²) in [6.07, 6.45) is 9.27. The van der Waals surface area contributed by atoms with Crippen LogP contribution in [-0.2, 0) is 0 Å². The van der Waals surface area contributed by atoms with E-state index in [4.69, 9.17) is 0 Å². The Hall–Kier alpha value is -2.34. The van der Waals surface area contributed by atoms with Gasteiger partial charge in [0.25, 0.3) is 0 Å². The van der Waals surface area contributed by atoms with Gasteiger partial charge in [-0.05, 0) is 38.8 Å². The highest BCUT2D eigenvalue weighted by Crippen LogP contribution is 2.17. The molecule has 21 heavy (non-hydrogen) atoms. The topological polar surface area (TPSA) is 0 Å². The first-order chi connectivity index (χ1) is 10.3. The van der Waals surface area contributed by atoms with Crippen LogP contribution in [0.2, 0.25) is 0 Å². The lowest BCUT2D eigenvalue weighted by atomic mass is 9.98. The second-order valence-corrected chi connectivity index (χ2v) is 4.67. The maximum absolute atomic E-state index is 3.99. The lowest BCUT2D eigenvalue weighted by Crippen LogP contribution is -2.27. The smallest absolute Gasteiger partial charge is 0.00302 e. The molecule has 1 aliphatic carbocycles. The molecular weight excluding hydrogens is 252 g/mol. The van der Waals surface area contributed by atoms with Crippen molar-refractivity contribution in [2.45, 2.75) is 20.3 Å². The molecule has 106 valence electrons. The van der Waals surface area contributed by atoms with E-state index < -0.39 is 0 Å². The predicted molar refractivity (Wildman–Crippen MR) is 95.5 cm³/mol. The molecule has 0 fully saturated rings. The Morgan fingerprint density at radius 2 is 1.67 bits per heavy atom. The quantitative estimate of drug-likeness (QED) is 0.756. The van der Waals surface area contributed by atoms with E-state index in [1.165, 1.54) is 32.4 Å². The minimum absolute atomic E-state index is 0.935. The third-order valence-electron chi connectivity index (χ3n) is 3.64. The van der Waals surface area contributed by atoms with Crippen molar-refractivity contribution in [2.75, 3.05) is 0 Å². The first-order valence-electron chi connectivity index (χ1n) is 7.53. The molecule has 0 nitrogen and oxygen atoms in total. The van der Waals surface area contributed by atoms with Crippen molar-refractivity contribution >= 4 is 22.4 Å². The van der Waals surface area contributed by atoms with Crippen LogP contribution in [0.3, 0.4) is 0 Å². The molecule has 0 atom stereocenters. The van der Waals surface area contributed by atoms with Crippen molar-refractivity contribution in [2.24, 2.45) is 0 Å². The zero-order valence-corrected chi connectivity index (χ0v) is 12.9. The fraction of sp³-hybridized carbons (Fsp3) is 0.143. The maximum Gasteiger partial charge on any atom is -0.00302 e. The predicted octanol–water partition coefficient (Wildman–Crippen LogP) is 4.50. The minimum atomic E-state index is 0.935. The fourth-order valence-electron chi connectivity index (χ4n) is 2.74. The summed E-state index contributed by atoms with van der Waals surface area (Å²) in [7, 11) is 0. The summed E-state index contributed by atoms with van der Waals surface area (Å²) in [6, 6.07) is 12.9. The second kappa shape index (κ2) is 6.90. The molecule has 0 radical (unpaired) electrons. The van der Waals surface area contributed by atoms with Gasteiger partial charge in [-0.25, -0.2) is 0 Å². The van der Waals surface area contributed by atoms with Gasteiger partial charge in [-0.1, -0.05) is 87.7 Å². The zero-order valence-electron chi connectivity index (χ0n) is 12.9. The number of hydrogen-bond acceptors (Lipinski definition) is 0. The molecule has 2 aromatic carbocycles. The van der Waals surface area contributed by atoms with Crippen molar-refractivity contribution in [1.29, 1.82) is 0 Å². The monoisotopic (exact) mass is 274 g/mol. The molecule has 0 unspecified atom stereocenters. The van der Waals surface area contributed by atoms with E-state index in [0.29, 0.717) is 0 Å². The summed E-state index contributed by atoms with van der Waals surface area (Å²) >= 11 is 0. The normalized spacial score (nSPS) is 13.0. The lowest BCUT2D eigenvalue weighted by molar-refractivity contribution is 1.45. The Morgan fingerprint density at radius 1 is 0.905 bits per heavy atom. The van der Waals surface area contributed by atoms with Crippen molar-refractivity contribution in [3.05, 3.63) is 83.8 Å². The van der Waals surface area contributed by atoms with Crippen molar-refractivity contribution in [3.63, 3.8) is 0 Å². The summed E-state index contributed by atoms with van der Waals surface area (Å²) in [5.74, 6) is 0. The molecule has 0 saturated heterocycles. The van der Waals surface area contributed by atoms with E-state index in [9.17, 15) is 0 Å². The number of rotatable bonds is 2. The van der Waals surface area contributed by atoms with Gasteiger partial charge in [0.15, 0.2) is 0 Å². The van der Waals surface area contributed by atoms with Crippen LogP contribution in [0, 0.1) is 0 Å². The standard InChI is InChI=1S/C19H16.C2H6/c1-3-14-9-7-10-16-13-12-15-8-5-6-11-18(15)19(16)17(14)4-2;1-2/h3-6,8-13H,1-2,7H2;1-2H3. The SMILES string of the molecule is C=CC1=CCC=c2ccc3ccccc3c2=C1C=C.CC. The van der Waals surface area contributed by atoms with Crippen LogP contribution in [0.4, 0.5) is 0 Å². The number of allylic oxidation sites excluding steroid dienone is 4. The van der Waals surface area contributed by atoms with Gasteiger partial charge < -0.3 is 0 Å². The fourth-order valence-corrected chi connectivity index (χ4v) is 2.74. The van der Waals surface area contributed by atoms with Gasteiger partial charge in [0, 0.05) is 0 Å². The Morgan fingerprint density at radius 3 is 2.38 bits per heavy atom. The molecule has 0 heterocycles. The van der Waals surface area contributed by atoms with Crippen LogP contribution >= 0.6 is 0 Å². The Kier molecular flexibility index (Phi) is 4.94. The number of fused-ring (bicyclic) bond motifs is 3. The summed E-state index contributed by atoms with van der Waals surface area (Å²) in [5.41, 5.74) is 2.34. The van der Waals surface area contributed by atoms with Crippen LogP contribution < -0.4 is 10.4 Å². The Bertz CT molecular complexity index is 817. The van der Waals surface area contributed by atoms with Crippen LogP contribution in [0.5, 0.6) is 0 Å². The van der Waals surface area contributed by atoms with E-state index >= 15 is 0 Å². The Labute approximate surface area is 127 Å². The molecular formula is C21H22. The molecule has 0 bridgehead atoms. The average molecular weight is 274 g/mol. The number of benzene rings is 2. The van der Waals surface area contributed by atoms with Gasteiger partial charge >= 0.3 is 0 Å². The van der Waals surface area contributed by atoms with E-state index in [1.54, 1.807) is 0 Å². The summed E-state index contributed by atoms with van der Waals surface area (Å²) in [4.78, 5) is 0. The third-order valence-corrected chi connectivity index (χ3v) is 3.64. The molecule has 0 heteroatoms. The molecule has 0 aliphatic heterocycles. The Balaban J connectivity index is 0.000000774. The van der Waals surface area contributed by atoms with Gasteiger partial charge in [-0.15, -0.1) is 0 Å². The highest BCUT2D eigenvalue weighted by molar-refractivity contribution is 5.89. The molecule has 1 aliphatic rings. The average Bonchev–Trinajstić information content (AvgIpc) is 2.75.